The van der Waals surface area contributed by atoms with Crippen molar-refractivity contribution in [3.05, 3.63) is 79.8 Å². The van der Waals surface area contributed by atoms with E-state index >= 15 is 0 Å². The zero-order valence-electron chi connectivity index (χ0n) is 30.5. The maximum atomic E-state index is 13.8. The molecule has 14 nitrogen and oxygen atoms in total. The highest BCUT2D eigenvalue weighted by Crippen LogP contribution is 2.41. The molecule has 5 heterocycles. The van der Waals surface area contributed by atoms with E-state index in [9.17, 15) is 44.4 Å². The lowest BCUT2D eigenvalue weighted by Gasteiger charge is -2.26. The van der Waals surface area contributed by atoms with Crippen molar-refractivity contribution < 1.29 is 44.4 Å². The number of nitrogens with one attached hydrogen (secondary N) is 2. The summed E-state index contributed by atoms with van der Waals surface area (Å²) in [7, 11) is 0. The summed E-state index contributed by atoms with van der Waals surface area (Å²) in [4.78, 5) is 80.8. The van der Waals surface area contributed by atoms with Crippen molar-refractivity contribution in [1.82, 2.24) is 10.3 Å². The molecule has 4 aliphatic heterocycles. The third-order valence-corrected chi connectivity index (χ3v) is 10.5. The van der Waals surface area contributed by atoms with Crippen molar-refractivity contribution >= 4 is 59.1 Å². The molecule has 0 spiro atoms. The van der Waals surface area contributed by atoms with Gasteiger partial charge in [-0.05, 0) is 87.0 Å². The van der Waals surface area contributed by atoms with Gasteiger partial charge < -0.3 is 30.7 Å². The Morgan fingerprint density at radius 2 is 1.66 bits per heavy atom. The number of allylic oxidation sites excluding steroid dienone is 4. The number of carboxylic acids is 4. The maximum absolute atomic E-state index is 13.8. The van der Waals surface area contributed by atoms with Crippen LogP contribution in [0.15, 0.2) is 73.0 Å². The Hall–Kier alpha value is -5.92. The number of H-pyrrole nitrogens is 1. The second-order valence-corrected chi connectivity index (χ2v) is 14.0. The molecule has 0 saturated carbocycles. The Bertz CT molecular complexity index is 2230. The molecule has 1 aromatic rings. The predicted molar refractivity (Wildman–Crippen MR) is 198 cm³/mol. The number of amides is 1. The predicted octanol–water partition coefficient (Wildman–Crippen LogP) is 3.18. The minimum Gasteiger partial charge on any atom is -0.481 e. The minimum atomic E-state index is -2.20. The smallest absolute Gasteiger partial charge is 0.338 e. The summed E-state index contributed by atoms with van der Waals surface area (Å²) in [5.41, 5.74) is 3.39. The summed E-state index contributed by atoms with van der Waals surface area (Å²) in [5.74, 6) is -7.28. The molecule has 8 bridgehead atoms. The standard InChI is InChI=1S/C39H43N5O9/c1-8-21-17(3)25-13-27-19(5)23(10-11-32(46)47)35(42-27)24(12-31(45)44-39(7,38(52)53)16-33(48)49)36-34(37(50)51)20(6)28(43-36)15-30-22(9-2)18(4)26(41-30)14-29(21)40-25/h8,13-15,19,23,27,41H,1,9-12,16H2,2-7H3,(H,44,45)(H,46,47)(H,48,49)(H,50,51)(H,52,53)/b25-13-,26-14-,30-15-,36-24-/t19-,23-,27?,39-/m0/s1. The fourth-order valence-corrected chi connectivity index (χ4v) is 7.47. The van der Waals surface area contributed by atoms with Gasteiger partial charge in [0.05, 0.1) is 47.3 Å². The first-order chi connectivity index (χ1) is 24.9. The van der Waals surface area contributed by atoms with Crippen LogP contribution in [0.25, 0.3) is 12.2 Å². The number of aromatic amines is 1. The third kappa shape index (κ3) is 7.26. The zero-order valence-corrected chi connectivity index (χ0v) is 30.5. The number of fused-ring (bicyclic) bond motifs is 5. The first kappa shape index (κ1) is 38.3. The second-order valence-electron chi connectivity index (χ2n) is 14.0. The van der Waals surface area contributed by atoms with Gasteiger partial charge in [0.25, 0.3) is 0 Å². The molecule has 4 atom stereocenters. The summed E-state index contributed by atoms with van der Waals surface area (Å²) in [6.45, 7) is 14.5. The number of aliphatic carboxylic acids is 4. The molecule has 0 fully saturated rings. The molecule has 0 aliphatic carbocycles. The van der Waals surface area contributed by atoms with Crippen LogP contribution in [-0.2, 0) is 30.4 Å². The van der Waals surface area contributed by atoms with Crippen LogP contribution in [0.2, 0.25) is 0 Å². The molecule has 1 unspecified atom stereocenters. The topological polar surface area (TPSA) is 231 Å². The van der Waals surface area contributed by atoms with E-state index in [0.717, 1.165) is 34.5 Å². The summed E-state index contributed by atoms with van der Waals surface area (Å²) in [6.07, 6.45) is 6.21. The van der Waals surface area contributed by atoms with E-state index in [1.807, 2.05) is 39.8 Å². The molecule has 278 valence electrons. The van der Waals surface area contributed by atoms with Gasteiger partial charge in [-0.3, -0.25) is 19.4 Å². The van der Waals surface area contributed by atoms with E-state index in [4.69, 9.17) is 15.0 Å². The number of carbonyl (C=O) groups excluding carboxylic acids is 1. The van der Waals surface area contributed by atoms with Gasteiger partial charge >= 0.3 is 23.9 Å². The van der Waals surface area contributed by atoms with Crippen LogP contribution in [0.4, 0.5) is 0 Å². The lowest BCUT2D eigenvalue weighted by atomic mass is 9.80. The summed E-state index contributed by atoms with van der Waals surface area (Å²) >= 11 is 0. The SMILES string of the molecule is C=CC1=C(C)/C2=C/C3N=C(/C(CC(=O)N[C@@](C)(CC(=O)O)C(=O)O)=C4N=C(/C=c5\[nH]/c(c(C)c5CC)=C\C1=N2)C(C)=C\4C(=O)O)[C@@H](CCC(=O)O)[C@@H]3C. The van der Waals surface area contributed by atoms with E-state index in [0.29, 0.717) is 34.5 Å². The number of aliphatic imine (C=N–C) groups is 3. The molecular formula is C39H43N5O9. The Morgan fingerprint density at radius 1 is 0.981 bits per heavy atom. The van der Waals surface area contributed by atoms with Crippen LogP contribution >= 0.6 is 0 Å². The van der Waals surface area contributed by atoms with Gasteiger partial charge in [0.15, 0.2) is 0 Å². The number of nitrogens with zero attached hydrogens (tertiary/aromatic N) is 3. The molecule has 6 N–H and O–H groups in total. The number of hydrogen-bond donors (Lipinski definition) is 6. The quantitative estimate of drug-likeness (QED) is 0.186. The van der Waals surface area contributed by atoms with Crippen molar-refractivity contribution in [1.29, 1.82) is 0 Å². The van der Waals surface area contributed by atoms with E-state index < -0.39 is 60.1 Å². The summed E-state index contributed by atoms with van der Waals surface area (Å²) < 4.78 is 0. The van der Waals surface area contributed by atoms with Crippen molar-refractivity contribution in [3.8, 4) is 0 Å². The van der Waals surface area contributed by atoms with Gasteiger partial charge in [0, 0.05) is 39.9 Å². The number of rotatable bonds is 12. The van der Waals surface area contributed by atoms with Crippen LogP contribution in [0, 0.1) is 18.8 Å². The van der Waals surface area contributed by atoms with E-state index in [2.05, 4.69) is 16.9 Å². The molecule has 1 aromatic heterocycles. The molecular weight excluding hydrogens is 682 g/mol. The Morgan fingerprint density at radius 3 is 2.25 bits per heavy atom. The average molecular weight is 726 g/mol. The van der Waals surface area contributed by atoms with Crippen molar-refractivity contribution in [2.24, 2.45) is 26.8 Å². The molecule has 0 aromatic carbocycles. The summed E-state index contributed by atoms with van der Waals surface area (Å²) in [5, 5.41) is 43.4. The fraction of sp³-hybridized carbons (Fsp3) is 0.385. The number of aromatic nitrogens is 1. The lowest BCUT2D eigenvalue weighted by Crippen LogP contribution is -2.53. The van der Waals surface area contributed by atoms with Crippen molar-refractivity contribution in [3.63, 3.8) is 0 Å². The lowest BCUT2D eigenvalue weighted by molar-refractivity contribution is -0.152. The highest BCUT2D eigenvalue weighted by molar-refractivity contribution is 6.27. The van der Waals surface area contributed by atoms with Crippen LogP contribution < -0.4 is 16.0 Å². The number of carboxylic acid groups (broad SMARTS) is 4. The van der Waals surface area contributed by atoms with Crippen molar-refractivity contribution in [2.75, 3.05) is 0 Å². The Balaban J connectivity index is 1.86. The van der Waals surface area contributed by atoms with Gasteiger partial charge in [-0.2, -0.15) is 0 Å². The van der Waals surface area contributed by atoms with Gasteiger partial charge in [-0.1, -0.05) is 26.5 Å². The van der Waals surface area contributed by atoms with Gasteiger partial charge in [-0.25, -0.2) is 19.6 Å². The first-order valence-electron chi connectivity index (χ1n) is 17.3. The largest absolute Gasteiger partial charge is 0.481 e. The van der Waals surface area contributed by atoms with Gasteiger partial charge in [0.1, 0.15) is 5.54 Å². The highest BCUT2D eigenvalue weighted by Gasteiger charge is 2.42. The fourth-order valence-electron chi connectivity index (χ4n) is 7.47. The molecule has 0 saturated heterocycles. The molecule has 5 rings (SSSR count). The van der Waals surface area contributed by atoms with E-state index in [1.165, 1.54) is 0 Å². The summed E-state index contributed by atoms with van der Waals surface area (Å²) in [6, 6.07) is -0.592. The number of carbonyl (C=O) groups is 5. The molecule has 53 heavy (non-hydrogen) atoms. The third-order valence-electron chi connectivity index (χ3n) is 10.5. The molecule has 4 aliphatic rings. The van der Waals surface area contributed by atoms with E-state index in [-0.39, 0.29) is 41.3 Å². The maximum Gasteiger partial charge on any atom is 0.338 e. The van der Waals surface area contributed by atoms with E-state index in [1.54, 1.807) is 19.1 Å². The molecule has 0 radical (unpaired) electrons. The van der Waals surface area contributed by atoms with Crippen LogP contribution in [0.5, 0.6) is 0 Å². The minimum absolute atomic E-state index is 0.0716. The second kappa shape index (κ2) is 14.6. The van der Waals surface area contributed by atoms with Crippen molar-refractivity contribution in [2.45, 2.75) is 85.2 Å². The number of hydrogen-bond acceptors (Lipinski definition) is 8. The Kier molecular flexibility index (Phi) is 10.6. The van der Waals surface area contributed by atoms with Crippen LogP contribution in [0.1, 0.15) is 71.4 Å². The molecule has 14 heteroatoms. The monoisotopic (exact) mass is 725 g/mol. The highest BCUT2D eigenvalue weighted by atomic mass is 16.4. The van der Waals surface area contributed by atoms with Crippen LogP contribution in [0.3, 0.4) is 0 Å². The van der Waals surface area contributed by atoms with Gasteiger partial charge in [-0.15, -0.1) is 0 Å². The normalized spacial score (nSPS) is 25.5. The Labute approximate surface area is 305 Å². The van der Waals surface area contributed by atoms with Crippen LogP contribution in [-0.4, -0.2) is 83.9 Å². The zero-order chi connectivity index (χ0) is 39.1. The average Bonchev–Trinajstić information content (AvgIpc) is 3.75. The molecule has 1 amide bonds. The first-order valence-corrected chi connectivity index (χ1v) is 17.3. The van der Waals surface area contributed by atoms with Gasteiger partial charge in [0.2, 0.25) is 5.91 Å².